The van der Waals surface area contributed by atoms with Crippen molar-refractivity contribution >= 4 is 0 Å². The fourth-order valence-electron chi connectivity index (χ4n) is 1.81. The summed E-state index contributed by atoms with van der Waals surface area (Å²) in [6.45, 7) is 1.98. The molecule has 14 heavy (non-hydrogen) atoms. The van der Waals surface area contributed by atoms with Crippen molar-refractivity contribution < 1.29 is 4.74 Å². The quantitative estimate of drug-likeness (QED) is 0.725. The van der Waals surface area contributed by atoms with Crippen LogP contribution in [0.5, 0.6) is 5.75 Å². The van der Waals surface area contributed by atoms with Gasteiger partial charge in [0.15, 0.2) is 0 Å². The summed E-state index contributed by atoms with van der Waals surface area (Å²) in [5, 5.41) is 0. The molecule has 0 unspecified atom stereocenters. The summed E-state index contributed by atoms with van der Waals surface area (Å²) in [4.78, 5) is 6.37. The number of hydrogen-bond acceptors (Lipinski definition) is 3. The van der Waals surface area contributed by atoms with Crippen LogP contribution in [0, 0.1) is 0 Å². The fraction of sp³-hybridized carbons (Fsp3) is 0.545. The second kappa shape index (κ2) is 4.42. The Balaban J connectivity index is 1.82. The molecule has 1 fully saturated rings. The van der Waals surface area contributed by atoms with Crippen molar-refractivity contribution in [1.29, 1.82) is 0 Å². The van der Waals surface area contributed by atoms with Gasteiger partial charge in [0.1, 0.15) is 12.4 Å². The van der Waals surface area contributed by atoms with Crippen molar-refractivity contribution in [2.24, 2.45) is 0 Å². The van der Waals surface area contributed by atoms with Crippen LogP contribution in [0.15, 0.2) is 24.5 Å². The molecular weight excluding hydrogens is 175 g/mol. The molecule has 0 amide bonds. The van der Waals surface area contributed by atoms with Crippen molar-refractivity contribution in [1.82, 2.24) is 9.88 Å². The number of nitrogens with zero attached hydrogens (tertiary/aromatic N) is 2. The Kier molecular flexibility index (Phi) is 2.99. The van der Waals surface area contributed by atoms with E-state index < -0.39 is 0 Å². The first-order chi connectivity index (χ1) is 6.86. The van der Waals surface area contributed by atoms with Crippen LogP contribution in [0.25, 0.3) is 0 Å². The smallest absolute Gasteiger partial charge is 0.137 e. The summed E-state index contributed by atoms with van der Waals surface area (Å²) >= 11 is 0. The normalized spacial score (nSPS) is 22.5. The van der Waals surface area contributed by atoms with Gasteiger partial charge in [-0.25, -0.2) is 0 Å². The lowest BCUT2D eigenvalue weighted by molar-refractivity contribution is 0.198. The van der Waals surface area contributed by atoms with Gasteiger partial charge in [-0.05, 0) is 38.6 Å². The first-order valence-corrected chi connectivity index (χ1v) is 5.09. The molecular formula is C11H16N2O. The lowest BCUT2D eigenvalue weighted by Crippen LogP contribution is -2.30. The van der Waals surface area contributed by atoms with E-state index in [9.17, 15) is 0 Å². The summed E-state index contributed by atoms with van der Waals surface area (Å²) in [6.07, 6.45) is 6.05. The standard InChI is InChI=1S/C11H16N2O/c1-13-7-3-4-10(13)9-14-11-5-2-6-12-8-11/h2,5-6,8,10H,3-4,7,9H2,1H3/t10-/m1/s1/i1-1. The number of aromatic nitrogens is 1. The van der Waals surface area contributed by atoms with Gasteiger partial charge in [-0.1, -0.05) is 0 Å². The summed E-state index contributed by atoms with van der Waals surface area (Å²) in [7, 11) is 2.16. The van der Waals surface area contributed by atoms with Gasteiger partial charge >= 0.3 is 0 Å². The van der Waals surface area contributed by atoms with E-state index in [0.29, 0.717) is 6.04 Å². The van der Waals surface area contributed by atoms with Gasteiger partial charge in [-0.15, -0.1) is 0 Å². The lowest BCUT2D eigenvalue weighted by Gasteiger charge is -2.19. The Hall–Kier alpha value is -1.09. The van der Waals surface area contributed by atoms with Crippen LogP contribution in [0.3, 0.4) is 0 Å². The lowest BCUT2D eigenvalue weighted by atomic mass is 10.2. The highest BCUT2D eigenvalue weighted by molar-refractivity contribution is 5.15. The third-order valence-electron chi connectivity index (χ3n) is 2.75. The van der Waals surface area contributed by atoms with Crippen molar-refractivity contribution in [3.8, 4) is 5.75 Å². The van der Waals surface area contributed by atoms with E-state index in [0.717, 1.165) is 12.4 Å². The Labute approximate surface area is 84.7 Å². The SMILES string of the molecule is [11CH3]N1CCC[C@@H]1COc1cccnc1. The number of likely N-dealkylation sites (tertiary alicyclic amines) is 1. The van der Waals surface area contributed by atoms with Crippen LogP contribution in [0.1, 0.15) is 12.8 Å². The zero-order chi connectivity index (χ0) is 9.80. The Morgan fingerprint density at radius 3 is 3.21 bits per heavy atom. The molecule has 0 aliphatic carbocycles. The monoisotopic (exact) mass is 191 g/mol. The summed E-state index contributed by atoms with van der Waals surface area (Å²) in [5.41, 5.74) is 0. The minimum Gasteiger partial charge on any atom is -0.490 e. The number of pyridine rings is 1. The van der Waals surface area contributed by atoms with Gasteiger partial charge in [0.25, 0.3) is 0 Å². The highest BCUT2D eigenvalue weighted by atomic mass is 16.5. The zero-order valence-corrected chi connectivity index (χ0v) is 8.52. The molecule has 1 aromatic rings. The second-order valence-corrected chi connectivity index (χ2v) is 3.78. The molecule has 2 rings (SSSR count). The van der Waals surface area contributed by atoms with Crippen LogP contribution in [0.4, 0.5) is 0 Å². The highest BCUT2D eigenvalue weighted by Crippen LogP contribution is 2.16. The molecule has 3 nitrogen and oxygen atoms in total. The number of rotatable bonds is 3. The van der Waals surface area contributed by atoms with E-state index in [-0.39, 0.29) is 0 Å². The molecule has 1 aromatic heterocycles. The molecule has 3 heteroatoms. The number of likely N-dealkylation sites (N-methyl/N-ethyl adjacent to an activating group) is 1. The van der Waals surface area contributed by atoms with Crippen LogP contribution in [-0.4, -0.2) is 36.1 Å². The molecule has 0 saturated carbocycles. The Morgan fingerprint density at radius 1 is 1.64 bits per heavy atom. The van der Waals surface area contributed by atoms with Crippen molar-refractivity contribution in [2.45, 2.75) is 18.9 Å². The summed E-state index contributed by atoms with van der Waals surface area (Å²) in [6, 6.07) is 4.42. The van der Waals surface area contributed by atoms with Crippen molar-refractivity contribution in [3.05, 3.63) is 24.5 Å². The number of ether oxygens (including phenoxy) is 1. The van der Waals surface area contributed by atoms with E-state index in [4.69, 9.17) is 4.74 Å². The topological polar surface area (TPSA) is 25.4 Å². The maximum atomic E-state index is 5.66. The number of hydrogen-bond donors (Lipinski definition) is 0. The van der Waals surface area contributed by atoms with Crippen molar-refractivity contribution in [3.63, 3.8) is 0 Å². The molecule has 1 atom stereocenters. The van der Waals surface area contributed by atoms with E-state index in [1.54, 1.807) is 12.4 Å². The third kappa shape index (κ3) is 2.23. The van der Waals surface area contributed by atoms with E-state index in [2.05, 4.69) is 16.9 Å². The first-order valence-electron chi connectivity index (χ1n) is 5.09. The predicted octanol–water partition coefficient (Wildman–Crippen LogP) is 1.55. The first kappa shape index (κ1) is 9.46. The van der Waals surface area contributed by atoms with Crippen LogP contribution < -0.4 is 4.74 Å². The minimum atomic E-state index is 0.579. The molecule has 2 heterocycles. The summed E-state index contributed by atoms with van der Waals surface area (Å²) in [5.74, 6) is 0.868. The van der Waals surface area contributed by atoms with Gasteiger partial charge in [-0.2, -0.15) is 0 Å². The Morgan fingerprint density at radius 2 is 2.57 bits per heavy atom. The van der Waals surface area contributed by atoms with Crippen LogP contribution in [0.2, 0.25) is 0 Å². The third-order valence-corrected chi connectivity index (χ3v) is 2.75. The molecule has 1 saturated heterocycles. The molecule has 0 bridgehead atoms. The molecule has 1 aliphatic rings. The van der Waals surface area contributed by atoms with Gasteiger partial charge in [0.05, 0.1) is 6.20 Å². The molecule has 0 radical (unpaired) electrons. The average molecular weight is 191 g/mol. The molecule has 0 aromatic carbocycles. The van der Waals surface area contributed by atoms with Gasteiger partial charge in [0, 0.05) is 12.2 Å². The average Bonchev–Trinajstić information content (AvgIpc) is 2.63. The van der Waals surface area contributed by atoms with Gasteiger partial charge < -0.3 is 9.64 Å². The Bertz CT molecular complexity index is 276. The molecule has 76 valence electrons. The van der Waals surface area contributed by atoms with Crippen molar-refractivity contribution in [2.75, 3.05) is 20.2 Å². The van der Waals surface area contributed by atoms with Crippen LogP contribution in [-0.2, 0) is 0 Å². The van der Waals surface area contributed by atoms with Crippen LogP contribution >= 0.6 is 0 Å². The maximum Gasteiger partial charge on any atom is 0.137 e. The molecule has 0 spiro atoms. The highest BCUT2D eigenvalue weighted by Gasteiger charge is 2.20. The largest absolute Gasteiger partial charge is 0.490 e. The van der Waals surface area contributed by atoms with E-state index in [1.807, 2.05) is 12.1 Å². The minimum absolute atomic E-state index is 0.579. The predicted molar refractivity (Wildman–Crippen MR) is 55.4 cm³/mol. The molecule has 1 aliphatic heterocycles. The van der Waals surface area contributed by atoms with Gasteiger partial charge in [-0.3, -0.25) is 4.98 Å². The van der Waals surface area contributed by atoms with E-state index in [1.165, 1.54) is 19.4 Å². The second-order valence-electron chi connectivity index (χ2n) is 3.78. The van der Waals surface area contributed by atoms with E-state index >= 15 is 0 Å². The zero-order valence-electron chi connectivity index (χ0n) is 8.52. The maximum absolute atomic E-state index is 5.66. The summed E-state index contributed by atoms with van der Waals surface area (Å²) < 4.78 is 5.66. The molecule has 0 N–H and O–H groups in total. The van der Waals surface area contributed by atoms with Gasteiger partial charge in [0.2, 0.25) is 0 Å². The fourth-order valence-corrected chi connectivity index (χ4v) is 1.81.